The number of rotatable bonds is 5. The Bertz CT molecular complexity index is 218. The zero-order valence-corrected chi connectivity index (χ0v) is 11.9. The highest BCUT2D eigenvalue weighted by atomic mass is 15.1. The van der Waals surface area contributed by atoms with E-state index in [2.05, 4.69) is 22.2 Å². The van der Waals surface area contributed by atoms with Gasteiger partial charge in [0.2, 0.25) is 0 Å². The van der Waals surface area contributed by atoms with Crippen molar-refractivity contribution in [2.75, 3.05) is 52.9 Å². The number of piperidine rings is 2. The van der Waals surface area contributed by atoms with Crippen LogP contribution in [0.1, 0.15) is 25.7 Å². The van der Waals surface area contributed by atoms with Crippen molar-refractivity contribution in [1.82, 2.24) is 15.1 Å². The van der Waals surface area contributed by atoms with Crippen molar-refractivity contribution in [3.63, 3.8) is 0 Å². The summed E-state index contributed by atoms with van der Waals surface area (Å²) in [5.41, 5.74) is 5.60. The molecular formula is C14H30N4. The molecule has 3 N–H and O–H groups in total. The SMILES string of the molecule is CN1CCC(NCC2CCN(CCN)CC2)CC1. The molecule has 2 fully saturated rings. The van der Waals surface area contributed by atoms with Crippen LogP contribution >= 0.6 is 0 Å². The molecule has 4 heteroatoms. The minimum Gasteiger partial charge on any atom is -0.329 e. The average molecular weight is 254 g/mol. The van der Waals surface area contributed by atoms with Crippen molar-refractivity contribution in [3.05, 3.63) is 0 Å². The van der Waals surface area contributed by atoms with Crippen LogP contribution in [0.5, 0.6) is 0 Å². The van der Waals surface area contributed by atoms with E-state index in [0.717, 1.165) is 25.0 Å². The van der Waals surface area contributed by atoms with Crippen molar-refractivity contribution in [3.8, 4) is 0 Å². The standard InChI is InChI=1S/C14H30N4/c1-17-7-4-14(5-8-17)16-12-13-2-9-18(10-3-13)11-6-15/h13-14,16H,2-12,15H2,1H3. The highest BCUT2D eigenvalue weighted by Gasteiger charge is 2.21. The molecule has 2 rings (SSSR count). The first-order valence-electron chi connectivity index (χ1n) is 7.62. The van der Waals surface area contributed by atoms with Crippen LogP contribution in [0.3, 0.4) is 0 Å². The fourth-order valence-electron chi connectivity index (χ4n) is 3.14. The van der Waals surface area contributed by atoms with Crippen LogP contribution in [-0.2, 0) is 0 Å². The van der Waals surface area contributed by atoms with E-state index >= 15 is 0 Å². The Labute approximate surface area is 112 Å². The van der Waals surface area contributed by atoms with Gasteiger partial charge in [-0.25, -0.2) is 0 Å². The molecule has 106 valence electrons. The van der Waals surface area contributed by atoms with Crippen LogP contribution in [0.4, 0.5) is 0 Å². The Morgan fingerprint density at radius 3 is 2.33 bits per heavy atom. The summed E-state index contributed by atoms with van der Waals surface area (Å²) in [7, 11) is 2.23. The highest BCUT2D eigenvalue weighted by molar-refractivity contribution is 4.79. The minimum absolute atomic E-state index is 0.767. The van der Waals surface area contributed by atoms with Gasteiger partial charge >= 0.3 is 0 Å². The van der Waals surface area contributed by atoms with Gasteiger partial charge in [0.1, 0.15) is 0 Å². The molecule has 0 aromatic carbocycles. The second-order valence-electron chi connectivity index (χ2n) is 6.06. The van der Waals surface area contributed by atoms with Gasteiger partial charge in [-0.2, -0.15) is 0 Å². The fourth-order valence-corrected chi connectivity index (χ4v) is 3.14. The molecule has 0 saturated carbocycles. The van der Waals surface area contributed by atoms with Gasteiger partial charge in [-0.1, -0.05) is 0 Å². The lowest BCUT2D eigenvalue weighted by atomic mass is 9.95. The van der Waals surface area contributed by atoms with E-state index in [1.807, 2.05) is 0 Å². The monoisotopic (exact) mass is 254 g/mol. The van der Waals surface area contributed by atoms with E-state index < -0.39 is 0 Å². The molecule has 2 aliphatic heterocycles. The van der Waals surface area contributed by atoms with Gasteiger partial charge in [0.05, 0.1) is 0 Å². The van der Waals surface area contributed by atoms with Crippen molar-refractivity contribution >= 4 is 0 Å². The predicted octanol–water partition coefficient (Wildman–Crippen LogP) is 0.341. The second-order valence-corrected chi connectivity index (χ2v) is 6.06. The van der Waals surface area contributed by atoms with Crippen molar-refractivity contribution < 1.29 is 0 Å². The number of nitrogens with zero attached hydrogens (tertiary/aromatic N) is 2. The van der Waals surface area contributed by atoms with Gasteiger partial charge in [0.15, 0.2) is 0 Å². The first-order chi connectivity index (χ1) is 8.78. The summed E-state index contributed by atoms with van der Waals surface area (Å²) in [5.74, 6) is 0.888. The molecular weight excluding hydrogens is 224 g/mol. The lowest BCUT2D eigenvalue weighted by Crippen LogP contribution is -2.44. The summed E-state index contributed by atoms with van der Waals surface area (Å²) in [5, 5.41) is 3.79. The maximum Gasteiger partial charge on any atom is 0.0105 e. The van der Waals surface area contributed by atoms with Crippen LogP contribution in [0.2, 0.25) is 0 Å². The summed E-state index contributed by atoms with van der Waals surface area (Å²) in [6, 6.07) is 0.767. The third-order valence-corrected chi connectivity index (χ3v) is 4.57. The number of nitrogens with one attached hydrogen (secondary N) is 1. The van der Waals surface area contributed by atoms with Crippen molar-refractivity contribution in [1.29, 1.82) is 0 Å². The largest absolute Gasteiger partial charge is 0.329 e. The first-order valence-corrected chi connectivity index (χ1v) is 7.62. The Kier molecular flexibility index (Phi) is 5.89. The third-order valence-electron chi connectivity index (χ3n) is 4.57. The van der Waals surface area contributed by atoms with E-state index in [0.29, 0.717) is 0 Å². The Balaban J connectivity index is 1.57. The molecule has 0 aromatic heterocycles. The third kappa shape index (κ3) is 4.50. The molecule has 0 aliphatic carbocycles. The van der Waals surface area contributed by atoms with Crippen LogP contribution < -0.4 is 11.1 Å². The van der Waals surface area contributed by atoms with Gasteiger partial charge in [0.25, 0.3) is 0 Å². The van der Waals surface area contributed by atoms with E-state index in [4.69, 9.17) is 5.73 Å². The van der Waals surface area contributed by atoms with Crippen molar-refractivity contribution in [2.24, 2.45) is 11.7 Å². The lowest BCUT2D eigenvalue weighted by Gasteiger charge is -2.34. The molecule has 2 heterocycles. The molecule has 2 saturated heterocycles. The molecule has 4 nitrogen and oxygen atoms in total. The van der Waals surface area contributed by atoms with E-state index in [-0.39, 0.29) is 0 Å². The Morgan fingerprint density at radius 2 is 1.72 bits per heavy atom. The van der Waals surface area contributed by atoms with E-state index in [1.165, 1.54) is 58.4 Å². The van der Waals surface area contributed by atoms with E-state index in [1.54, 1.807) is 0 Å². The summed E-state index contributed by atoms with van der Waals surface area (Å²) in [6.07, 6.45) is 5.34. The fraction of sp³-hybridized carbons (Fsp3) is 1.00. The molecule has 18 heavy (non-hydrogen) atoms. The lowest BCUT2D eigenvalue weighted by molar-refractivity contribution is 0.175. The molecule has 0 amide bonds. The number of nitrogens with two attached hydrogens (primary N) is 1. The van der Waals surface area contributed by atoms with Gasteiger partial charge in [-0.3, -0.25) is 0 Å². The van der Waals surface area contributed by atoms with Crippen molar-refractivity contribution in [2.45, 2.75) is 31.7 Å². The van der Waals surface area contributed by atoms with Gasteiger partial charge in [-0.05, 0) is 71.4 Å². The smallest absolute Gasteiger partial charge is 0.0105 e. The maximum absolute atomic E-state index is 5.60. The van der Waals surface area contributed by atoms with Gasteiger partial charge in [-0.15, -0.1) is 0 Å². The molecule has 0 bridgehead atoms. The van der Waals surface area contributed by atoms with Crippen LogP contribution in [-0.4, -0.2) is 68.7 Å². The number of likely N-dealkylation sites (tertiary alicyclic amines) is 2. The summed E-state index contributed by atoms with van der Waals surface area (Å²) < 4.78 is 0. The van der Waals surface area contributed by atoms with Gasteiger partial charge in [0, 0.05) is 19.1 Å². The quantitative estimate of drug-likeness (QED) is 0.743. The molecule has 0 aromatic rings. The summed E-state index contributed by atoms with van der Waals surface area (Å²) >= 11 is 0. The minimum atomic E-state index is 0.767. The molecule has 2 aliphatic rings. The maximum atomic E-state index is 5.60. The highest BCUT2D eigenvalue weighted by Crippen LogP contribution is 2.17. The zero-order valence-electron chi connectivity index (χ0n) is 11.9. The first kappa shape index (κ1) is 14.3. The van der Waals surface area contributed by atoms with Crippen LogP contribution in [0.25, 0.3) is 0 Å². The van der Waals surface area contributed by atoms with Crippen LogP contribution in [0, 0.1) is 5.92 Å². The topological polar surface area (TPSA) is 44.5 Å². The Hall–Kier alpha value is -0.160. The molecule has 0 spiro atoms. The zero-order chi connectivity index (χ0) is 12.8. The average Bonchev–Trinajstić information content (AvgIpc) is 2.40. The van der Waals surface area contributed by atoms with E-state index in [9.17, 15) is 0 Å². The Morgan fingerprint density at radius 1 is 1.06 bits per heavy atom. The molecule has 0 radical (unpaired) electrons. The van der Waals surface area contributed by atoms with Gasteiger partial charge < -0.3 is 20.9 Å². The summed E-state index contributed by atoms with van der Waals surface area (Å²) in [6.45, 7) is 8.12. The second kappa shape index (κ2) is 7.43. The molecule has 0 unspecified atom stereocenters. The predicted molar refractivity (Wildman–Crippen MR) is 76.7 cm³/mol. The normalized spacial score (nSPS) is 25.7. The number of hydrogen-bond acceptors (Lipinski definition) is 4. The van der Waals surface area contributed by atoms with Crippen LogP contribution in [0.15, 0.2) is 0 Å². The molecule has 0 atom stereocenters. The summed E-state index contributed by atoms with van der Waals surface area (Å²) in [4.78, 5) is 4.94. The number of hydrogen-bond donors (Lipinski definition) is 2.